The number of carbonyl (C=O) groups is 2. The molecule has 1 atom stereocenters. The number of rotatable bonds is 7. The molecule has 7 heteroatoms. The van der Waals surface area contributed by atoms with Gasteiger partial charge in [0.05, 0.1) is 12.2 Å². The molecule has 132 valence electrons. The molecule has 1 fully saturated rings. The van der Waals surface area contributed by atoms with Gasteiger partial charge in [-0.3, -0.25) is 4.79 Å². The van der Waals surface area contributed by atoms with Crippen molar-refractivity contribution in [2.24, 2.45) is 0 Å². The number of nitrogens with one attached hydrogen (secondary N) is 1. The van der Waals surface area contributed by atoms with Gasteiger partial charge in [-0.2, -0.15) is 0 Å². The summed E-state index contributed by atoms with van der Waals surface area (Å²) in [6, 6.07) is 9.15. The van der Waals surface area contributed by atoms with E-state index in [1.165, 1.54) is 0 Å². The highest BCUT2D eigenvalue weighted by molar-refractivity contribution is 5.96. The molecule has 1 heterocycles. The zero-order chi connectivity index (χ0) is 17.8. The molecule has 25 heavy (non-hydrogen) atoms. The lowest BCUT2D eigenvalue weighted by molar-refractivity contribution is -0.154. The molecular formula is C18H20N2O5. The summed E-state index contributed by atoms with van der Waals surface area (Å²) >= 11 is 0. The number of aryl methyl sites for hydroxylation is 1. The Kier molecular flexibility index (Phi) is 5.14. The maximum Gasteiger partial charge on any atom is 0.337 e. The fourth-order valence-corrected chi connectivity index (χ4v) is 2.49. The van der Waals surface area contributed by atoms with Gasteiger partial charge < -0.3 is 19.7 Å². The van der Waals surface area contributed by atoms with Crippen LogP contribution in [0, 0.1) is 6.92 Å². The molecule has 0 saturated heterocycles. The number of carbonyl (C=O) groups excluding carboxylic acids is 2. The van der Waals surface area contributed by atoms with E-state index in [0.717, 1.165) is 18.4 Å². The van der Waals surface area contributed by atoms with Gasteiger partial charge in [-0.05, 0) is 25.3 Å². The van der Waals surface area contributed by atoms with E-state index in [2.05, 4.69) is 10.5 Å². The molecule has 0 aliphatic heterocycles. The van der Waals surface area contributed by atoms with Crippen molar-refractivity contribution >= 4 is 11.9 Å². The molecule has 3 rings (SSSR count). The maximum absolute atomic E-state index is 12.3. The Bertz CT molecular complexity index is 752. The molecule has 0 unspecified atom stereocenters. The Balaban J connectivity index is 1.50. The number of hydrogen-bond donors (Lipinski definition) is 2. The summed E-state index contributed by atoms with van der Waals surface area (Å²) < 4.78 is 10.1. The molecule has 1 aromatic carbocycles. The van der Waals surface area contributed by atoms with Crippen LogP contribution >= 0.6 is 0 Å². The van der Waals surface area contributed by atoms with Crippen molar-refractivity contribution in [1.29, 1.82) is 0 Å². The molecule has 2 aromatic rings. The first-order valence-corrected chi connectivity index (χ1v) is 8.19. The molecule has 0 spiro atoms. The van der Waals surface area contributed by atoms with Crippen LogP contribution in [0.1, 0.15) is 46.1 Å². The minimum atomic E-state index is -1.43. The van der Waals surface area contributed by atoms with Gasteiger partial charge in [-0.25, -0.2) is 4.79 Å². The van der Waals surface area contributed by atoms with Gasteiger partial charge in [-0.15, -0.1) is 0 Å². The molecule has 1 aliphatic rings. The third kappa shape index (κ3) is 4.24. The van der Waals surface area contributed by atoms with Gasteiger partial charge in [0.1, 0.15) is 17.9 Å². The van der Waals surface area contributed by atoms with Crippen LogP contribution in [0.3, 0.4) is 0 Å². The van der Waals surface area contributed by atoms with E-state index in [1.54, 1.807) is 6.92 Å². The lowest BCUT2D eigenvalue weighted by atomic mass is 10.1. The average molecular weight is 344 g/mol. The molecule has 0 radical (unpaired) electrons. The standard InChI is InChI=1S/C18H20N2O5/c1-11-15(16(20-25-11)13-7-8-13)17(22)19-9-14(21)18(23)24-10-12-5-3-2-4-6-12/h2-6,13-14,21H,7-10H2,1H3,(H,19,22)/t14-/m0/s1. The lowest BCUT2D eigenvalue weighted by Crippen LogP contribution is -2.37. The van der Waals surface area contributed by atoms with E-state index in [4.69, 9.17) is 9.26 Å². The highest BCUT2D eigenvalue weighted by Crippen LogP contribution is 2.41. The number of ether oxygens (including phenoxy) is 1. The predicted octanol–water partition coefficient (Wildman–Crippen LogP) is 1.69. The van der Waals surface area contributed by atoms with Crippen LogP contribution < -0.4 is 5.32 Å². The summed E-state index contributed by atoms with van der Waals surface area (Å²) in [5.41, 5.74) is 1.87. The first-order valence-electron chi connectivity index (χ1n) is 8.19. The van der Waals surface area contributed by atoms with E-state index in [9.17, 15) is 14.7 Å². The SMILES string of the molecule is Cc1onc(C2CC2)c1C(=O)NC[C@H](O)C(=O)OCc1ccccc1. The number of hydrogen-bond acceptors (Lipinski definition) is 6. The van der Waals surface area contributed by atoms with Crippen LogP contribution in [0.2, 0.25) is 0 Å². The number of benzene rings is 1. The molecular weight excluding hydrogens is 324 g/mol. The van der Waals surface area contributed by atoms with Crippen LogP contribution in [0.15, 0.2) is 34.9 Å². The highest BCUT2D eigenvalue weighted by atomic mass is 16.5. The summed E-state index contributed by atoms with van der Waals surface area (Å²) in [4.78, 5) is 24.1. The van der Waals surface area contributed by atoms with Gasteiger partial charge in [0.15, 0.2) is 6.10 Å². The lowest BCUT2D eigenvalue weighted by Gasteiger charge is -2.12. The Morgan fingerprint density at radius 3 is 2.76 bits per heavy atom. The zero-order valence-corrected chi connectivity index (χ0v) is 13.9. The Morgan fingerprint density at radius 2 is 2.08 bits per heavy atom. The van der Waals surface area contributed by atoms with Crippen molar-refractivity contribution in [2.45, 2.75) is 38.4 Å². The quantitative estimate of drug-likeness (QED) is 0.741. The van der Waals surface area contributed by atoms with Gasteiger partial charge in [0.25, 0.3) is 5.91 Å². The Hall–Kier alpha value is -2.67. The average Bonchev–Trinajstić information content (AvgIpc) is 3.40. The summed E-state index contributed by atoms with van der Waals surface area (Å²) in [5, 5.41) is 16.3. The second-order valence-corrected chi connectivity index (χ2v) is 6.09. The smallest absolute Gasteiger partial charge is 0.337 e. The summed E-state index contributed by atoms with van der Waals surface area (Å²) in [7, 11) is 0. The molecule has 0 bridgehead atoms. The minimum Gasteiger partial charge on any atom is -0.459 e. The van der Waals surface area contributed by atoms with E-state index in [-0.39, 0.29) is 19.1 Å². The fraction of sp³-hybridized carbons (Fsp3) is 0.389. The van der Waals surface area contributed by atoms with Gasteiger partial charge in [0, 0.05) is 5.92 Å². The van der Waals surface area contributed by atoms with Crippen LogP contribution in [-0.4, -0.2) is 34.8 Å². The zero-order valence-electron chi connectivity index (χ0n) is 13.9. The normalized spacial score (nSPS) is 14.8. The first kappa shape index (κ1) is 17.2. The molecule has 1 saturated carbocycles. The highest BCUT2D eigenvalue weighted by Gasteiger charge is 2.33. The number of aliphatic hydroxyl groups excluding tert-OH is 1. The van der Waals surface area contributed by atoms with Gasteiger partial charge >= 0.3 is 5.97 Å². The third-order valence-electron chi connectivity index (χ3n) is 4.03. The summed E-state index contributed by atoms with van der Waals surface area (Å²) in [6.07, 6.45) is 0.540. The van der Waals surface area contributed by atoms with Crippen molar-refractivity contribution in [3.05, 3.63) is 52.9 Å². The largest absolute Gasteiger partial charge is 0.459 e. The van der Waals surface area contributed by atoms with Crippen molar-refractivity contribution in [1.82, 2.24) is 10.5 Å². The van der Waals surface area contributed by atoms with Crippen molar-refractivity contribution < 1.29 is 24.0 Å². The number of aromatic nitrogens is 1. The molecule has 1 amide bonds. The summed E-state index contributed by atoms with van der Waals surface area (Å²) in [5.74, 6) is -0.497. The monoisotopic (exact) mass is 344 g/mol. The minimum absolute atomic E-state index is 0.0707. The number of esters is 1. The van der Waals surface area contributed by atoms with Crippen LogP contribution in [0.25, 0.3) is 0 Å². The van der Waals surface area contributed by atoms with E-state index < -0.39 is 18.0 Å². The van der Waals surface area contributed by atoms with E-state index >= 15 is 0 Å². The fourth-order valence-electron chi connectivity index (χ4n) is 2.49. The molecule has 1 aromatic heterocycles. The second kappa shape index (κ2) is 7.48. The van der Waals surface area contributed by atoms with E-state index in [1.807, 2.05) is 30.3 Å². The predicted molar refractivity (Wildman–Crippen MR) is 87.8 cm³/mol. The molecule has 7 nitrogen and oxygen atoms in total. The molecule has 2 N–H and O–H groups in total. The number of amides is 1. The van der Waals surface area contributed by atoms with Crippen molar-refractivity contribution in [2.75, 3.05) is 6.54 Å². The molecule has 1 aliphatic carbocycles. The third-order valence-corrected chi connectivity index (χ3v) is 4.03. The maximum atomic E-state index is 12.3. The van der Waals surface area contributed by atoms with E-state index in [0.29, 0.717) is 17.0 Å². The van der Waals surface area contributed by atoms with Gasteiger partial charge in [-0.1, -0.05) is 35.5 Å². The topological polar surface area (TPSA) is 102 Å². The van der Waals surface area contributed by atoms with Crippen LogP contribution in [0.5, 0.6) is 0 Å². The first-order chi connectivity index (χ1) is 12.1. The van der Waals surface area contributed by atoms with Crippen molar-refractivity contribution in [3.63, 3.8) is 0 Å². The Morgan fingerprint density at radius 1 is 1.36 bits per heavy atom. The van der Waals surface area contributed by atoms with Gasteiger partial charge in [0.2, 0.25) is 0 Å². The van der Waals surface area contributed by atoms with Crippen LogP contribution in [0.4, 0.5) is 0 Å². The van der Waals surface area contributed by atoms with Crippen molar-refractivity contribution in [3.8, 4) is 0 Å². The number of aliphatic hydroxyl groups is 1. The van der Waals surface area contributed by atoms with Crippen LogP contribution in [-0.2, 0) is 16.1 Å². The Labute approximate surface area is 145 Å². The number of nitrogens with zero attached hydrogens (tertiary/aromatic N) is 1. The second-order valence-electron chi connectivity index (χ2n) is 6.09. The summed E-state index contributed by atoms with van der Waals surface area (Å²) in [6.45, 7) is 1.50.